The fourth-order valence-corrected chi connectivity index (χ4v) is 4.17. The first kappa shape index (κ1) is 24.6. The van der Waals surface area contributed by atoms with Crippen molar-refractivity contribution in [1.82, 2.24) is 10.2 Å². The van der Waals surface area contributed by atoms with Crippen molar-refractivity contribution in [3.05, 3.63) is 59.7 Å². The number of hydrogen-bond acceptors (Lipinski definition) is 4. The number of benzene rings is 2. The third-order valence-corrected chi connectivity index (χ3v) is 6.33. The van der Waals surface area contributed by atoms with Gasteiger partial charge < -0.3 is 19.7 Å². The molecule has 1 fully saturated rings. The molecule has 0 aromatic heterocycles. The fraction of sp³-hybridized carbons (Fsp3) is 0.481. The SMILES string of the molecule is COc1ccc(OCCCC(=O)N(Cc2ccccc2C)C(C)C(=O)NC2CCCC2)cc1. The minimum absolute atomic E-state index is 0.0364. The highest BCUT2D eigenvalue weighted by atomic mass is 16.5. The molecule has 0 heterocycles. The molecule has 1 saturated carbocycles. The van der Waals surface area contributed by atoms with Crippen molar-refractivity contribution in [1.29, 1.82) is 0 Å². The van der Waals surface area contributed by atoms with Gasteiger partial charge in [-0.15, -0.1) is 0 Å². The number of methoxy groups -OCH3 is 1. The molecule has 1 atom stereocenters. The quantitative estimate of drug-likeness (QED) is 0.505. The molecule has 0 aliphatic heterocycles. The lowest BCUT2D eigenvalue weighted by atomic mass is 10.1. The molecule has 1 aliphatic carbocycles. The lowest BCUT2D eigenvalue weighted by molar-refractivity contribution is -0.141. The van der Waals surface area contributed by atoms with E-state index in [0.717, 1.165) is 48.3 Å². The number of aryl methyl sites for hydroxylation is 1. The van der Waals surface area contributed by atoms with Crippen LogP contribution in [0.4, 0.5) is 0 Å². The van der Waals surface area contributed by atoms with Crippen molar-refractivity contribution in [3.8, 4) is 11.5 Å². The van der Waals surface area contributed by atoms with E-state index in [9.17, 15) is 9.59 Å². The zero-order chi connectivity index (χ0) is 23.6. The molecule has 0 saturated heterocycles. The van der Waals surface area contributed by atoms with Crippen molar-refractivity contribution < 1.29 is 19.1 Å². The van der Waals surface area contributed by atoms with E-state index < -0.39 is 6.04 Å². The highest BCUT2D eigenvalue weighted by Crippen LogP contribution is 2.20. The van der Waals surface area contributed by atoms with Crippen molar-refractivity contribution in [2.45, 2.75) is 71.0 Å². The third-order valence-electron chi connectivity index (χ3n) is 6.33. The highest BCUT2D eigenvalue weighted by molar-refractivity contribution is 5.87. The first-order valence-corrected chi connectivity index (χ1v) is 11.9. The Morgan fingerprint density at radius 1 is 1.06 bits per heavy atom. The predicted molar refractivity (Wildman–Crippen MR) is 129 cm³/mol. The van der Waals surface area contributed by atoms with Gasteiger partial charge in [0.1, 0.15) is 17.5 Å². The van der Waals surface area contributed by atoms with E-state index in [1.165, 1.54) is 0 Å². The summed E-state index contributed by atoms with van der Waals surface area (Å²) in [7, 11) is 1.62. The monoisotopic (exact) mass is 452 g/mol. The van der Waals surface area contributed by atoms with Gasteiger partial charge in [-0.1, -0.05) is 37.1 Å². The van der Waals surface area contributed by atoms with Crippen LogP contribution >= 0.6 is 0 Å². The van der Waals surface area contributed by atoms with Crippen molar-refractivity contribution in [2.24, 2.45) is 0 Å². The summed E-state index contributed by atoms with van der Waals surface area (Å²) in [6, 6.07) is 15.1. The minimum Gasteiger partial charge on any atom is -0.497 e. The normalized spacial score (nSPS) is 14.5. The number of ether oxygens (including phenoxy) is 2. The van der Waals surface area contributed by atoms with Crippen LogP contribution in [0.25, 0.3) is 0 Å². The van der Waals surface area contributed by atoms with Crippen molar-refractivity contribution in [3.63, 3.8) is 0 Å². The Morgan fingerprint density at radius 3 is 2.39 bits per heavy atom. The maximum absolute atomic E-state index is 13.2. The Kier molecular flexibility index (Phi) is 9.16. The Labute approximate surface area is 197 Å². The number of carbonyl (C=O) groups is 2. The average molecular weight is 453 g/mol. The molecule has 2 amide bonds. The molecule has 0 bridgehead atoms. The van der Waals surface area contributed by atoms with Crippen LogP contribution in [0.15, 0.2) is 48.5 Å². The molecule has 6 nitrogen and oxygen atoms in total. The van der Waals surface area contributed by atoms with E-state index in [1.54, 1.807) is 12.0 Å². The Bertz CT molecular complexity index is 907. The van der Waals surface area contributed by atoms with Gasteiger partial charge in [0.25, 0.3) is 0 Å². The zero-order valence-corrected chi connectivity index (χ0v) is 20.0. The summed E-state index contributed by atoms with van der Waals surface area (Å²) in [6.07, 6.45) is 5.24. The predicted octanol–water partition coefficient (Wildman–Crippen LogP) is 4.64. The minimum atomic E-state index is -0.528. The van der Waals surface area contributed by atoms with E-state index in [-0.39, 0.29) is 17.9 Å². The highest BCUT2D eigenvalue weighted by Gasteiger charge is 2.28. The number of nitrogens with zero attached hydrogens (tertiary/aromatic N) is 1. The first-order valence-electron chi connectivity index (χ1n) is 11.9. The molecule has 0 radical (unpaired) electrons. The maximum atomic E-state index is 13.2. The number of carbonyl (C=O) groups excluding carboxylic acids is 2. The summed E-state index contributed by atoms with van der Waals surface area (Å²) in [6.45, 7) is 4.71. The molecule has 2 aromatic carbocycles. The first-order chi connectivity index (χ1) is 16.0. The molecule has 1 aliphatic rings. The average Bonchev–Trinajstić information content (AvgIpc) is 3.34. The second kappa shape index (κ2) is 12.3. The molecule has 2 aromatic rings. The topological polar surface area (TPSA) is 67.9 Å². The molecule has 1 N–H and O–H groups in total. The van der Waals surface area contributed by atoms with Gasteiger partial charge >= 0.3 is 0 Å². The van der Waals surface area contributed by atoms with Gasteiger partial charge in [0, 0.05) is 19.0 Å². The van der Waals surface area contributed by atoms with Gasteiger partial charge in [0.05, 0.1) is 13.7 Å². The largest absolute Gasteiger partial charge is 0.497 e. The fourth-order valence-electron chi connectivity index (χ4n) is 4.17. The Morgan fingerprint density at radius 2 is 1.73 bits per heavy atom. The summed E-state index contributed by atoms with van der Waals surface area (Å²) in [5, 5.41) is 3.14. The van der Waals surface area contributed by atoms with Gasteiger partial charge in [-0.3, -0.25) is 9.59 Å². The zero-order valence-electron chi connectivity index (χ0n) is 20.0. The molecule has 3 rings (SSSR count). The van der Waals surface area contributed by atoms with Crippen molar-refractivity contribution >= 4 is 11.8 Å². The summed E-state index contributed by atoms with van der Waals surface area (Å²) in [5.74, 6) is 1.41. The van der Waals surface area contributed by atoms with Gasteiger partial charge in [-0.05, 0) is 68.5 Å². The lowest BCUT2D eigenvalue weighted by Gasteiger charge is -2.30. The summed E-state index contributed by atoms with van der Waals surface area (Å²) < 4.78 is 10.9. The van der Waals surface area contributed by atoms with Gasteiger partial charge in [-0.25, -0.2) is 0 Å². The van der Waals surface area contributed by atoms with E-state index in [1.807, 2.05) is 62.4 Å². The summed E-state index contributed by atoms with van der Waals surface area (Å²) in [4.78, 5) is 27.9. The van der Waals surface area contributed by atoms with Crippen LogP contribution < -0.4 is 14.8 Å². The van der Waals surface area contributed by atoms with Gasteiger partial charge in [0.2, 0.25) is 11.8 Å². The van der Waals surface area contributed by atoms with Crippen LogP contribution in [-0.4, -0.2) is 42.5 Å². The van der Waals surface area contributed by atoms with E-state index in [4.69, 9.17) is 9.47 Å². The van der Waals surface area contributed by atoms with E-state index in [2.05, 4.69) is 5.32 Å². The maximum Gasteiger partial charge on any atom is 0.242 e. The van der Waals surface area contributed by atoms with Crippen LogP contribution in [0.5, 0.6) is 11.5 Å². The molecule has 6 heteroatoms. The Hall–Kier alpha value is -3.02. The van der Waals surface area contributed by atoms with E-state index in [0.29, 0.717) is 26.0 Å². The molecule has 1 unspecified atom stereocenters. The van der Waals surface area contributed by atoms with Gasteiger partial charge in [-0.2, -0.15) is 0 Å². The van der Waals surface area contributed by atoms with Crippen LogP contribution in [0, 0.1) is 6.92 Å². The van der Waals surface area contributed by atoms with E-state index >= 15 is 0 Å². The molecule has 33 heavy (non-hydrogen) atoms. The van der Waals surface area contributed by atoms with Gasteiger partial charge in [0.15, 0.2) is 0 Å². The van der Waals surface area contributed by atoms with Crippen LogP contribution in [0.1, 0.15) is 56.6 Å². The summed E-state index contributed by atoms with van der Waals surface area (Å²) in [5.41, 5.74) is 2.17. The lowest BCUT2D eigenvalue weighted by Crippen LogP contribution is -2.49. The smallest absolute Gasteiger partial charge is 0.242 e. The Balaban J connectivity index is 1.59. The standard InChI is InChI=1S/C27H36N2O4/c1-20-9-4-5-10-22(20)19-29(21(2)27(31)28-23-11-6-7-12-23)26(30)13-8-18-33-25-16-14-24(32-3)15-17-25/h4-5,9-10,14-17,21,23H,6-8,11-13,18-19H2,1-3H3,(H,28,31). The van der Waals surface area contributed by atoms with Crippen LogP contribution in [-0.2, 0) is 16.1 Å². The third kappa shape index (κ3) is 7.24. The number of hydrogen-bond donors (Lipinski definition) is 1. The number of rotatable bonds is 11. The molecule has 0 spiro atoms. The summed E-state index contributed by atoms with van der Waals surface area (Å²) >= 11 is 0. The van der Waals surface area contributed by atoms with Crippen LogP contribution in [0.3, 0.4) is 0 Å². The van der Waals surface area contributed by atoms with Crippen molar-refractivity contribution in [2.75, 3.05) is 13.7 Å². The second-order valence-corrected chi connectivity index (χ2v) is 8.74. The molecular weight excluding hydrogens is 416 g/mol. The number of amides is 2. The van der Waals surface area contributed by atoms with Crippen LogP contribution in [0.2, 0.25) is 0 Å². The molecule has 178 valence electrons. The molecular formula is C27H36N2O4. The number of nitrogens with one attached hydrogen (secondary N) is 1. The second-order valence-electron chi connectivity index (χ2n) is 8.74.